The Hall–Kier alpha value is -1.95. The van der Waals surface area contributed by atoms with Gasteiger partial charge in [0.1, 0.15) is 18.0 Å². The summed E-state index contributed by atoms with van der Waals surface area (Å²) < 4.78 is 13.2. The Balaban J connectivity index is 2.94. The normalized spacial score (nSPS) is 13.6. The first kappa shape index (κ1) is 12.1. The minimum absolute atomic E-state index is 0.134. The van der Waals surface area contributed by atoms with Gasteiger partial charge < -0.3 is 10.2 Å². The third-order valence-electron chi connectivity index (χ3n) is 2.12. The average molecular weight is 220 g/mol. The lowest BCUT2D eigenvalue weighted by atomic mass is 10.0. The Labute approximate surface area is 91.8 Å². The van der Waals surface area contributed by atoms with Crippen molar-refractivity contribution < 1.29 is 14.6 Å². The Kier molecular flexibility index (Phi) is 3.96. The summed E-state index contributed by atoms with van der Waals surface area (Å²) in [5, 5.41) is 35.7. The van der Waals surface area contributed by atoms with Crippen LogP contribution in [-0.2, 0) is 0 Å². The predicted molar refractivity (Wildman–Crippen MR) is 52.3 cm³/mol. The van der Waals surface area contributed by atoms with Crippen molar-refractivity contribution in [2.24, 2.45) is 0 Å². The molecule has 0 saturated carbocycles. The van der Waals surface area contributed by atoms with E-state index in [0.717, 1.165) is 6.07 Å². The zero-order valence-corrected chi connectivity index (χ0v) is 8.26. The number of hydrogen-bond acceptors (Lipinski definition) is 4. The molecule has 0 aliphatic heterocycles. The van der Waals surface area contributed by atoms with E-state index in [1.165, 1.54) is 12.1 Å². The lowest BCUT2D eigenvalue weighted by Gasteiger charge is -2.15. The first-order chi connectivity index (χ1) is 7.60. The topological polar surface area (TPSA) is 88.0 Å². The largest absolute Gasteiger partial charge is 0.389 e. The van der Waals surface area contributed by atoms with Gasteiger partial charge in [0.05, 0.1) is 24.2 Å². The first-order valence-corrected chi connectivity index (χ1v) is 4.52. The Bertz CT molecular complexity index is 462. The van der Waals surface area contributed by atoms with Crippen LogP contribution in [0.2, 0.25) is 0 Å². The molecule has 82 valence electrons. The molecule has 0 aromatic heterocycles. The molecule has 0 spiro atoms. The highest BCUT2D eigenvalue weighted by Crippen LogP contribution is 2.20. The molecule has 0 heterocycles. The Morgan fingerprint density at radius 1 is 1.31 bits per heavy atom. The smallest absolute Gasteiger partial charge is 0.141 e. The molecule has 0 radical (unpaired) electrons. The molecule has 5 heteroatoms. The van der Waals surface area contributed by atoms with Crippen molar-refractivity contribution in [1.29, 1.82) is 10.5 Å². The van der Waals surface area contributed by atoms with Crippen molar-refractivity contribution in [2.45, 2.75) is 18.6 Å². The van der Waals surface area contributed by atoms with Crippen molar-refractivity contribution in [1.82, 2.24) is 0 Å². The molecule has 1 aromatic carbocycles. The van der Waals surface area contributed by atoms with Crippen molar-refractivity contribution in [2.75, 3.05) is 0 Å². The zero-order chi connectivity index (χ0) is 12.1. The number of aliphatic hydroxyl groups is 2. The standard InChI is InChI=1S/C11H9FN2O2/c12-9-5-7(1-2-8(9)6-14)11(16)10(15)3-4-13/h1-2,5,10-11,15-16H,3H2. The van der Waals surface area contributed by atoms with Crippen LogP contribution in [0.25, 0.3) is 0 Å². The van der Waals surface area contributed by atoms with Crippen molar-refractivity contribution in [3.05, 3.63) is 35.1 Å². The minimum Gasteiger partial charge on any atom is -0.389 e. The Morgan fingerprint density at radius 3 is 2.50 bits per heavy atom. The summed E-state index contributed by atoms with van der Waals surface area (Å²) in [7, 11) is 0. The summed E-state index contributed by atoms with van der Waals surface area (Å²) in [6, 6.07) is 6.87. The summed E-state index contributed by atoms with van der Waals surface area (Å²) >= 11 is 0. The quantitative estimate of drug-likeness (QED) is 0.795. The van der Waals surface area contributed by atoms with Gasteiger partial charge in [0, 0.05) is 0 Å². The molecule has 2 unspecified atom stereocenters. The molecule has 2 atom stereocenters. The molecule has 0 bridgehead atoms. The molecule has 16 heavy (non-hydrogen) atoms. The number of benzene rings is 1. The lowest BCUT2D eigenvalue weighted by Crippen LogP contribution is -2.17. The summed E-state index contributed by atoms with van der Waals surface area (Å²) in [5.41, 5.74) is 0.00460. The molecule has 0 aliphatic rings. The second-order valence-electron chi connectivity index (χ2n) is 3.23. The van der Waals surface area contributed by atoms with Crippen LogP contribution in [0, 0.1) is 28.5 Å². The average Bonchev–Trinajstić information content (AvgIpc) is 2.28. The maximum atomic E-state index is 13.2. The number of nitrogens with zero attached hydrogens (tertiary/aromatic N) is 2. The first-order valence-electron chi connectivity index (χ1n) is 4.52. The van der Waals surface area contributed by atoms with Crippen molar-refractivity contribution >= 4 is 0 Å². The maximum Gasteiger partial charge on any atom is 0.141 e. The van der Waals surface area contributed by atoms with Crippen LogP contribution in [0.1, 0.15) is 23.7 Å². The number of hydrogen-bond donors (Lipinski definition) is 2. The third-order valence-corrected chi connectivity index (χ3v) is 2.12. The van der Waals surface area contributed by atoms with Gasteiger partial charge >= 0.3 is 0 Å². The van der Waals surface area contributed by atoms with Gasteiger partial charge in [0.2, 0.25) is 0 Å². The van der Waals surface area contributed by atoms with Crippen LogP contribution >= 0.6 is 0 Å². The maximum absolute atomic E-state index is 13.2. The number of nitriles is 2. The van der Waals surface area contributed by atoms with Crippen LogP contribution in [0.5, 0.6) is 0 Å². The van der Waals surface area contributed by atoms with Gasteiger partial charge in [-0.15, -0.1) is 0 Å². The van der Waals surface area contributed by atoms with E-state index in [0.29, 0.717) is 0 Å². The summed E-state index contributed by atoms with van der Waals surface area (Å²) in [6.07, 6.45) is -2.85. The summed E-state index contributed by atoms with van der Waals surface area (Å²) in [4.78, 5) is 0. The highest BCUT2D eigenvalue weighted by atomic mass is 19.1. The van der Waals surface area contributed by atoms with E-state index in [2.05, 4.69) is 0 Å². The lowest BCUT2D eigenvalue weighted by molar-refractivity contribution is 0.0215. The fourth-order valence-electron chi connectivity index (χ4n) is 1.23. The number of aliphatic hydroxyl groups excluding tert-OH is 2. The molecular formula is C11H9FN2O2. The minimum atomic E-state index is -1.33. The number of halogens is 1. The molecule has 1 rings (SSSR count). The molecular weight excluding hydrogens is 211 g/mol. The molecule has 4 nitrogen and oxygen atoms in total. The zero-order valence-electron chi connectivity index (χ0n) is 8.26. The van der Waals surface area contributed by atoms with E-state index in [1.807, 2.05) is 0 Å². The van der Waals surface area contributed by atoms with E-state index >= 15 is 0 Å². The molecule has 2 N–H and O–H groups in total. The van der Waals surface area contributed by atoms with Gasteiger partial charge in [-0.2, -0.15) is 10.5 Å². The van der Waals surface area contributed by atoms with Crippen LogP contribution in [0.15, 0.2) is 18.2 Å². The second kappa shape index (κ2) is 5.22. The van der Waals surface area contributed by atoms with Gasteiger partial charge in [-0.05, 0) is 17.7 Å². The van der Waals surface area contributed by atoms with E-state index in [4.69, 9.17) is 10.5 Å². The summed E-state index contributed by atoms with van der Waals surface area (Å²) in [6.45, 7) is 0. The highest BCUT2D eigenvalue weighted by Gasteiger charge is 2.19. The molecule has 0 fully saturated rings. The molecule has 0 aliphatic carbocycles. The van der Waals surface area contributed by atoms with Gasteiger partial charge in [0.15, 0.2) is 0 Å². The molecule has 0 amide bonds. The van der Waals surface area contributed by atoms with Crippen LogP contribution in [0.4, 0.5) is 4.39 Å². The van der Waals surface area contributed by atoms with Gasteiger partial charge in [0.25, 0.3) is 0 Å². The number of rotatable bonds is 3. The van der Waals surface area contributed by atoms with E-state index in [-0.39, 0.29) is 17.5 Å². The van der Waals surface area contributed by atoms with Crippen molar-refractivity contribution in [3.8, 4) is 12.1 Å². The van der Waals surface area contributed by atoms with E-state index in [1.54, 1.807) is 12.1 Å². The fraction of sp³-hybridized carbons (Fsp3) is 0.273. The fourth-order valence-corrected chi connectivity index (χ4v) is 1.23. The van der Waals surface area contributed by atoms with Crippen LogP contribution in [-0.4, -0.2) is 16.3 Å². The monoisotopic (exact) mass is 220 g/mol. The highest BCUT2D eigenvalue weighted by molar-refractivity contribution is 5.34. The third kappa shape index (κ3) is 2.54. The van der Waals surface area contributed by atoms with Gasteiger partial charge in [-0.3, -0.25) is 0 Å². The van der Waals surface area contributed by atoms with Crippen molar-refractivity contribution in [3.63, 3.8) is 0 Å². The predicted octanol–water partition coefficient (Wildman–Crippen LogP) is 1.01. The molecule has 0 saturated heterocycles. The SMILES string of the molecule is N#CCC(O)C(O)c1ccc(C#N)c(F)c1. The van der Waals surface area contributed by atoms with Gasteiger partial charge in [-0.25, -0.2) is 4.39 Å². The van der Waals surface area contributed by atoms with Gasteiger partial charge in [-0.1, -0.05) is 6.07 Å². The van der Waals surface area contributed by atoms with Crippen LogP contribution in [0.3, 0.4) is 0 Å². The van der Waals surface area contributed by atoms with Crippen LogP contribution < -0.4 is 0 Å². The summed E-state index contributed by atoms with van der Waals surface area (Å²) in [5.74, 6) is -0.761. The molecule has 1 aromatic rings. The van der Waals surface area contributed by atoms with E-state index in [9.17, 15) is 14.6 Å². The van der Waals surface area contributed by atoms with E-state index < -0.39 is 18.0 Å². The second-order valence-corrected chi connectivity index (χ2v) is 3.23. The Morgan fingerprint density at radius 2 is 2.00 bits per heavy atom.